The van der Waals surface area contributed by atoms with Crippen LogP contribution in [-0.4, -0.2) is 36.3 Å². The monoisotopic (exact) mass is 320 g/mol. The summed E-state index contributed by atoms with van der Waals surface area (Å²) in [6.07, 6.45) is 1.93. The molecule has 1 heterocycles. The molecule has 1 aliphatic heterocycles. The third-order valence-corrected chi connectivity index (χ3v) is 4.19. The van der Waals surface area contributed by atoms with Crippen molar-refractivity contribution >= 4 is 11.8 Å². The van der Waals surface area contributed by atoms with E-state index >= 15 is 0 Å². The fourth-order valence-corrected chi connectivity index (χ4v) is 2.70. The maximum atomic E-state index is 12.8. The molecule has 0 radical (unpaired) electrons. The molecule has 1 unspecified atom stereocenters. The van der Waals surface area contributed by atoms with Gasteiger partial charge in [-0.25, -0.2) is 4.39 Å². The third-order valence-electron chi connectivity index (χ3n) is 4.19. The molecule has 5 heteroatoms. The van der Waals surface area contributed by atoms with Crippen molar-refractivity contribution in [1.29, 1.82) is 0 Å². The van der Waals surface area contributed by atoms with Crippen molar-refractivity contribution in [3.05, 3.63) is 35.6 Å². The Morgan fingerprint density at radius 1 is 1.35 bits per heavy atom. The molecule has 0 saturated carbocycles. The largest absolute Gasteiger partial charge is 0.355 e. The molecule has 2 rings (SSSR count). The van der Waals surface area contributed by atoms with E-state index in [9.17, 15) is 14.0 Å². The highest BCUT2D eigenvalue weighted by Gasteiger charge is 2.33. The number of rotatable bonds is 7. The molecule has 1 fully saturated rings. The van der Waals surface area contributed by atoms with Gasteiger partial charge in [-0.15, -0.1) is 0 Å². The van der Waals surface area contributed by atoms with Crippen molar-refractivity contribution in [3.63, 3.8) is 0 Å². The summed E-state index contributed by atoms with van der Waals surface area (Å²) < 4.78 is 12.8. The normalized spacial score (nSPS) is 17.8. The number of halogens is 1. The number of hydrogen-bond acceptors (Lipinski definition) is 2. The standard InChI is InChI=1S/C18H25FN2O2/c1-13(2)8-10-21-12-15(11-17(21)22)18(23)20-9-7-14-3-5-16(19)6-4-14/h3-6,13,15H,7-12H2,1-2H3,(H,20,23). The van der Waals surface area contributed by atoms with Gasteiger partial charge in [-0.2, -0.15) is 0 Å². The molecule has 126 valence electrons. The second-order valence-electron chi connectivity index (χ2n) is 6.59. The summed E-state index contributed by atoms with van der Waals surface area (Å²) in [7, 11) is 0. The van der Waals surface area contributed by atoms with Gasteiger partial charge in [0.2, 0.25) is 11.8 Å². The number of nitrogens with zero attached hydrogens (tertiary/aromatic N) is 1. The van der Waals surface area contributed by atoms with Crippen LogP contribution in [0.4, 0.5) is 4.39 Å². The molecular formula is C18H25FN2O2. The minimum atomic E-state index is -0.260. The van der Waals surface area contributed by atoms with Crippen LogP contribution in [0.25, 0.3) is 0 Å². The quantitative estimate of drug-likeness (QED) is 0.838. The second kappa shape index (κ2) is 8.09. The molecule has 0 aliphatic carbocycles. The first-order chi connectivity index (χ1) is 11.0. The summed E-state index contributed by atoms with van der Waals surface area (Å²) in [6.45, 7) is 6.01. The zero-order chi connectivity index (χ0) is 16.8. The van der Waals surface area contributed by atoms with Crippen LogP contribution in [0.2, 0.25) is 0 Å². The lowest BCUT2D eigenvalue weighted by Gasteiger charge is -2.17. The molecule has 1 N–H and O–H groups in total. The topological polar surface area (TPSA) is 49.4 Å². The van der Waals surface area contributed by atoms with E-state index in [1.54, 1.807) is 17.0 Å². The maximum Gasteiger partial charge on any atom is 0.225 e. The molecule has 1 aliphatic rings. The Morgan fingerprint density at radius 3 is 2.70 bits per heavy atom. The number of carbonyl (C=O) groups excluding carboxylic acids is 2. The Morgan fingerprint density at radius 2 is 2.04 bits per heavy atom. The number of benzene rings is 1. The fraction of sp³-hybridized carbons (Fsp3) is 0.556. The SMILES string of the molecule is CC(C)CCN1CC(C(=O)NCCc2ccc(F)cc2)CC1=O. The molecule has 4 nitrogen and oxygen atoms in total. The van der Waals surface area contributed by atoms with Gasteiger partial charge in [-0.3, -0.25) is 9.59 Å². The van der Waals surface area contributed by atoms with Crippen molar-refractivity contribution in [2.24, 2.45) is 11.8 Å². The van der Waals surface area contributed by atoms with E-state index in [1.165, 1.54) is 12.1 Å². The van der Waals surface area contributed by atoms with Crippen LogP contribution in [-0.2, 0) is 16.0 Å². The molecule has 1 aromatic carbocycles. The van der Waals surface area contributed by atoms with Crippen LogP contribution in [0, 0.1) is 17.7 Å². The van der Waals surface area contributed by atoms with Crippen molar-refractivity contribution in [1.82, 2.24) is 10.2 Å². The summed E-state index contributed by atoms with van der Waals surface area (Å²) in [6, 6.07) is 6.27. The van der Waals surface area contributed by atoms with Gasteiger partial charge in [0.25, 0.3) is 0 Å². The van der Waals surface area contributed by atoms with Gasteiger partial charge in [0.15, 0.2) is 0 Å². The molecule has 0 spiro atoms. The maximum absolute atomic E-state index is 12.8. The summed E-state index contributed by atoms with van der Waals surface area (Å²) in [5.74, 6) is 0.0508. The highest BCUT2D eigenvalue weighted by molar-refractivity contribution is 5.89. The van der Waals surface area contributed by atoms with Crippen molar-refractivity contribution in [2.45, 2.75) is 33.1 Å². The lowest BCUT2D eigenvalue weighted by Crippen LogP contribution is -2.34. The lowest BCUT2D eigenvalue weighted by molar-refractivity contribution is -0.129. The summed E-state index contributed by atoms with van der Waals surface area (Å²) in [5.41, 5.74) is 0.979. The Kier molecular flexibility index (Phi) is 6.13. The zero-order valence-corrected chi connectivity index (χ0v) is 13.8. The molecule has 23 heavy (non-hydrogen) atoms. The van der Waals surface area contributed by atoms with E-state index in [4.69, 9.17) is 0 Å². The van der Waals surface area contributed by atoms with Gasteiger partial charge in [-0.05, 0) is 36.5 Å². The first-order valence-corrected chi connectivity index (χ1v) is 8.25. The Bertz CT molecular complexity index is 542. The summed E-state index contributed by atoms with van der Waals surface area (Å²) >= 11 is 0. The number of amides is 2. The predicted molar refractivity (Wildman–Crippen MR) is 87.3 cm³/mol. The highest BCUT2D eigenvalue weighted by Crippen LogP contribution is 2.19. The van der Waals surface area contributed by atoms with E-state index in [2.05, 4.69) is 19.2 Å². The predicted octanol–water partition coefficient (Wildman–Crippen LogP) is 2.38. The first-order valence-electron chi connectivity index (χ1n) is 8.25. The first kappa shape index (κ1) is 17.4. The van der Waals surface area contributed by atoms with Crippen molar-refractivity contribution < 1.29 is 14.0 Å². The van der Waals surface area contributed by atoms with E-state index in [0.717, 1.165) is 18.5 Å². The number of likely N-dealkylation sites (tertiary alicyclic amines) is 1. The number of nitrogens with one attached hydrogen (secondary N) is 1. The minimum absolute atomic E-state index is 0.0625. The fourth-order valence-electron chi connectivity index (χ4n) is 2.70. The van der Waals surface area contributed by atoms with Crippen LogP contribution in [0.3, 0.4) is 0 Å². The molecule has 0 bridgehead atoms. The molecule has 0 aromatic heterocycles. The van der Waals surface area contributed by atoms with Gasteiger partial charge < -0.3 is 10.2 Å². The van der Waals surface area contributed by atoms with Crippen LogP contribution in [0.15, 0.2) is 24.3 Å². The summed E-state index contributed by atoms with van der Waals surface area (Å²) in [5, 5.41) is 2.88. The van der Waals surface area contributed by atoms with Gasteiger partial charge in [-0.1, -0.05) is 26.0 Å². The van der Waals surface area contributed by atoms with E-state index in [1.807, 2.05) is 0 Å². The third kappa shape index (κ3) is 5.34. The Balaban J connectivity index is 1.73. The van der Waals surface area contributed by atoms with Gasteiger partial charge in [0.1, 0.15) is 5.82 Å². The van der Waals surface area contributed by atoms with E-state index < -0.39 is 0 Å². The van der Waals surface area contributed by atoms with Crippen molar-refractivity contribution in [3.8, 4) is 0 Å². The number of carbonyl (C=O) groups is 2. The van der Waals surface area contributed by atoms with Crippen LogP contribution in [0.5, 0.6) is 0 Å². The smallest absolute Gasteiger partial charge is 0.225 e. The van der Waals surface area contributed by atoms with Crippen LogP contribution in [0.1, 0.15) is 32.3 Å². The second-order valence-corrected chi connectivity index (χ2v) is 6.59. The minimum Gasteiger partial charge on any atom is -0.355 e. The highest BCUT2D eigenvalue weighted by atomic mass is 19.1. The number of hydrogen-bond donors (Lipinski definition) is 1. The van der Waals surface area contributed by atoms with E-state index in [0.29, 0.717) is 31.8 Å². The van der Waals surface area contributed by atoms with Crippen LogP contribution < -0.4 is 5.32 Å². The molecular weight excluding hydrogens is 295 g/mol. The lowest BCUT2D eigenvalue weighted by atomic mass is 10.1. The Hall–Kier alpha value is -1.91. The van der Waals surface area contributed by atoms with Crippen LogP contribution >= 0.6 is 0 Å². The molecule has 1 saturated heterocycles. The zero-order valence-electron chi connectivity index (χ0n) is 13.8. The van der Waals surface area contributed by atoms with Gasteiger partial charge in [0, 0.05) is 26.1 Å². The Labute approximate surface area is 137 Å². The average molecular weight is 320 g/mol. The van der Waals surface area contributed by atoms with Gasteiger partial charge in [0.05, 0.1) is 5.92 Å². The van der Waals surface area contributed by atoms with Gasteiger partial charge >= 0.3 is 0 Å². The average Bonchev–Trinajstić information content (AvgIpc) is 2.88. The summed E-state index contributed by atoms with van der Waals surface area (Å²) in [4.78, 5) is 25.9. The molecule has 1 atom stereocenters. The van der Waals surface area contributed by atoms with E-state index in [-0.39, 0.29) is 23.5 Å². The van der Waals surface area contributed by atoms with Crippen molar-refractivity contribution in [2.75, 3.05) is 19.6 Å². The molecule has 1 aromatic rings. The molecule has 2 amide bonds.